The first-order valence-electron chi connectivity index (χ1n) is 5.30. The molecule has 1 fully saturated rings. The van der Waals surface area contributed by atoms with Gasteiger partial charge < -0.3 is 11.1 Å². The van der Waals surface area contributed by atoms with Gasteiger partial charge in [0.2, 0.25) is 0 Å². The lowest BCUT2D eigenvalue weighted by atomic mass is 10.2. The average molecular weight is 204 g/mol. The molecule has 80 valence electrons. The van der Waals surface area contributed by atoms with Crippen LogP contribution in [0.15, 0.2) is 29.5 Å². The SMILES string of the molecule is NC(=NCCc1cccnc1)NC1CC1. The number of nitrogens with two attached hydrogens (primary N) is 1. The van der Waals surface area contributed by atoms with Crippen molar-refractivity contribution < 1.29 is 0 Å². The standard InChI is InChI=1S/C11H16N4/c12-11(15-10-3-4-10)14-7-5-9-2-1-6-13-8-9/h1-2,6,8,10H,3-5,7H2,(H3,12,14,15). The number of aliphatic imine (C=N–C) groups is 1. The highest BCUT2D eigenvalue weighted by atomic mass is 15.1. The lowest BCUT2D eigenvalue weighted by Gasteiger charge is -2.02. The molecule has 1 aliphatic carbocycles. The van der Waals surface area contributed by atoms with E-state index in [0.29, 0.717) is 12.0 Å². The van der Waals surface area contributed by atoms with Crippen molar-refractivity contribution in [2.24, 2.45) is 10.7 Å². The Morgan fingerprint density at radius 3 is 3.13 bits per heavy atom. The first kappa shape index (κ1) is 9.96. The van der Waals surface area contributed by atoms with E-state index in [4.69, 9.17) is 5.73 Å². The molecule has 0 radical (unpaired) electrons. The maximum absolute atomic E-state index is 5.70. The Morgan fingerprint density at radius 1 is 1.60 bits per heavy atom. The van der Waals surface area contributed by atoms with Crippen LogP contribution in [0.1, 0.15) is 18.4 Å². The van der Waals surface area contributed by atoms with E-state index in [1.807, 2.05) is 18.3 Å². The van der Waals surface area contributed by atoms with Crippen LogP contribution >= 0.6 is 0 Å². The Balaban J connectivity index is 1.73. The fourth-order valence-corrected chi connectivity index (χ4v) is 1.33. The molecule has 0 spiro atoms. The van der Waals surface area contributed by atoms with Crippen LogP contribution in [0.5, 0.6) is 0 Å². The second kappa shape index (κ2) is 4.77. The molecule has 1 saturated carbocycles. The van der Waals surface area contributed by atoms with Crippen LogP contribution in [0.4, 0.5) is 0 Å². The molecule has 0 saturated heterocycles. The van der Waals surface area contributed by atoms with Gasteiger partial charge in [0.15, 0.2) is 5.96 Å². The molecule has 1 heterocycles. The predicted octanol–water partition coefficient (Wildman–Crippen LogP) is 0.691. The van der Waals surface area contributed by atoms with E-state index in [1.165, 1.54) is 18.4 Å². The zero-order valence-corrected chi connectivity index (χ0v) is 8.69. The lowest BCUT2D eigenvalue weighted by molar-refractivity contribution is 0.869. The highest BCUT2D eigenvalue weighted by Crippen LogP contribution is 2.17. The Bertz CT molecular complexity index is 330. The van der Waals surface area contributed by atoms with Crippen molar-refractivity contribution in [3.63, 3.8) is 0 Å². The molecule has 1 aromatic rings. The van der Waals surface area contributed by atoms with Crippen molar-refractivity contribution in [3.05, 3.63) is 30.1 Å². The summed E-state index contributed by atoms with van der Waals surface area (Å²) in [7, 11) is 0. The fraction of sp³-hybridized carbons (Fsp3) is 0.455. The van der Waals surface area contributed by atoms with Gasteiger partial charge in [0.05, 0.1) is 0 Å². The molecule has 4 nitrogen and oxygen atoms in total. The summed E-state index contributed by atoms with van der Waals surface area (Å²) < 4.78 is 0. The van der Waals surface area contributed by atoms with Crippen molar-refractivity contribution in [1.82, 2.24) is 10.3 Å². The largest absolute Gasteiger partial charge is 0.370 e. The smallest absolute Gasteiger partial charge is 0.188 e. The van der Waals surface area contributed by atoms with Gasteiger partial charge in [-0.15, -0.1) is 0 Å². The number of rotatable bonds is 4. The highest BCUT2D eigenvalue weighted by molar-refractivity contribution is 5.78. The summed E-state index contributed by atoms with van der Waals surface area (Å²) in [6, 6.07) is 4.56. The maximum Gasteiger partial charge on any atom is 0.188 e. The summed E-state index contributed by atoms with van der Waals surface area (Å²) in [5.41, 5.74) is 6.90. The van der Waals surface area contributed by atoms with Crippen molar-refractivity contribution in [1.29, 1.82) is 0 Å². The van der Waals surface area contributed by atoms with E-state index in [0.717, 1.165) is 13.0 Å². The van der Waals surface area contributed by atoms with Gasteiger partial charge in [0.1, 0.15) is 0 Å². The Hall–Kier alpha value is -1.58. The number of hydrogen-bond donors (Lipinski definition) is 2. The molecule has 1 aromatic heterocycles. The molecule has 15 heavy (non-hydrogen) atoms. The lowest BCUT2D eigenvalue weighted by Crippen LogP contribution is -2.33. The van der Waals surface area contributed by atoms with Crippen LogP contribution in [0.2, 0.25) is 0 Å². The molecule has 1 aliphatic rings. The number of nitrogens with one attached hydrogen (secondary N) is 1. The quantitative estimate of drug-likeness (QED) is 0.560. The normalized spacial score (nSPS) is 16.4. The summed E-state index contributed by atoms with van der Waals surface area (Å²) in [5, 5.41) is 3.15. The minimum absolute atomic E-state index is 0.571. The molecule has 0 aliphatic heterocycles. The van der Waals surface area contributed by atoms with Gasteiger partial charge >= 0.3 is 0 Å². The predicted molar refractivity (Wildman–Crippen MR) is 60.6 cm³/mol. The van der Waals surface area contributed by atoms with E-state index >= 15 is 0 Å². The van der Waals surface area contributed by atoms with Gasteiger partial charge in [-0.2, -0.15) is 0 Å². The number of nitrogens with zero attached hydrogens (tertiary/aromatic N) is 2. The summed E-state index contributed by atoms with van der Waals surface area (Å²) in [5.74, 6) is 0.571. The third-order valence-electron chi connectivity index (χ3n) is 2.33. The second-order valence-corrected chi connectivity index (χ2v) is 3.80. The average Bonchev–Trinajstić information content (AvgIpc) is 3.03. The fourth-order valence-electron chi connectivity index (χ4n) is 1.33. The third-order valence-corrected chi connectivity index (χ3v) is 2.33. The first-order chi connectivity index (χ1) is 7.34. The summed E-state index contributed by atoms with van der Waals surface area (Å²) in [6.45, 7) is 0.719. The molecule has 4 heteroatoms. The van der Waals surface area contributed by atoms with E-state index in [1.54, 1.807) is 6.20 Å². The van der Waals surface area contributed by atoms with E-state index < -0.39 is 0 Å². The number of guanidine groups is 1. The van der Waals surface area contributed by atoms with Crippen LogP contribution in [0, 0.1) is 0 Å². The van der Waals surface area contributed by atoms with Gasteiger partial charge in [-0.05, 0) is 30.9 Å². The Kier molecular flexibility index (Phi) is 3.17. The van der Waals surface area contributed by atoms with E-state index in [9.17, 15) is 0 Å². The van der Waals surface area contributed by atoms with Crippen LogP contribution in [-0.2, 0) is 6.42 Å². The van der Waals surface area contributed by atoms with Gasteiger partial charge in [0.25, 0.3) is 0 Å². The first-order valence-corrected chi connectivity index (χ1v) is 5.30. The summed E-state index contributed by atoms with van der Waals surface area (Å²) >= 11 is 0. The molecule has 0 unspecified atom stereocenters. The van der Waals surface area contributed by atoms with E-state index in [2.05, 4.69) is 15.3 Å². The molecule has 0 aromatic carbocycles. The molecule has 2 rings (SSSR count). The zero-order valence-electron chi connectivity index (χ0n) is 8.69. The molecular formula is C11H16N4. The van der Waals surface area contributed by atoms with Gasteiger partial charge in [-0.3, -0.25) is 9.98 Å². The molecule has 0 amide bonds. The van der Waals surface area contributed by atoms with Crippen molar-refractivity contribution in [2.75, 3.05) is 6.54 Å². The Labute approximate surface area is 89.6 Å². The second-order valence-electron chi connectivity index (χ2n) is 3.80. The monoisotopic (exact) mass is 204 g/mol. The zero-order chi connectivity index (χ0) is 10.5. The van der Waals surface area contributed by atoms with Crippen molar-refractivity contribution in [3.8, 4) is 0 Å². The van der Waals surface area contributed by atoms with E-state index in [-0.39, 0.29) is 0 Å². The minimum Gasteiger partial charge on any atom is -0.370 e. The van der Waals surface area contributed by atoms with Crippen LogP contribution in [0.25, 0.3) is 0 Å². The molecule has 0 bridgehead atoms. The summed E-state index contributed by atoms with van der Waals surface area (Å²) in [6.07, 6.45) is 6.97. The van der Waals surface area contributed by atoms with Crippen molar-refractivity contribution in [2.45, 2.75) is 25.3 Å². The molecule has 3 N–H and O–H groups in total. The third kappa shape index (κ3) is 3.58. The number of aromatic nitrogens is 1. The summed E-state index contributed by atoms with van der Waals surface area (Å²) in [4.78, 5) is 8.30. The number of hydrogen-bond acceptors (Lipinski definition) is 2. The maximum atomic E-state index is 5.70. The van der Waals surface area contributed by atoms with Crippen LogP contribution in [0.3, 0.4) is 0 Å². The molecule has 0 atom stereocenters. The topological polar surface area (TPSA) is 63.3 Å². The van der Waals surface area contributed by atoms with Crippen LogP contribution < -0.4 is 11.1 Å². The van der Waals surface area contributed by atoms with Gasteiger partial charge in [-0.1, -0.05) is 6.07 Å². The highest BCUT2D eigenvalue weighted by Gasteiger charge is 2.21. The number of pyridine rings is 1. The molecular weight excluding hydrogens is 188 g/mol. The van der Waals surface area contributed by atoms with Gasteiger partial charge in [0, 0.05) is 25.0 Å². The minimum atomic E-state index is 0.571. The van der Waals surface area contributed by atoms with Crippen LogP contribution in [-0.4, -0.2) is 23.5 Å². The Morgan fingerprint density at radius 2 is 2.47 bits per heavy atom. The van der Waals surface area contributed by atoms with Crippen molar-refractivity contribution >= 4 is 5.96 Å². The van der Waals surface area contributed by atoms with Gasteiger partial charge in [-0.25, -0.2) is 0 Å².